The van der Waals surface area contributed by atoms with Crippen LogP contribution < -0.4 is 0 Å². The third-order valence-electron chi connectivity index (χ3n) is 0. The average Bonchev–Trinajstić information content (AvgIpc) is 0. The SMILES string of the molecule is [Li].[Nb].[Rb].[Ta]. The van der Waals surface area contributed by atoms with Gasteiger partial charge in [0.15, 0.2) is 0 Å². The van der Waals surface area contributed by atoms with Gasteiger partial charge in [0.05, 0.1) is 0 Å². The average molecular weight is 366 g/mol. The van der Waals surface area contributed by atoms with Gasteiger partial charge in [-0.3, -0.25) is 0 Å². The zero-order valence-electron chi connectivity index (χ0n) is 2.89. The molecule has 12 valence electrons. The maximum absolute atomic E-state index is 0. The Labute approximate surface area is 118 Å². The topological polar surface area (TPSA) is 0 Å². The Morgan fingerprint density at radius 2 is 1.00 bits per heavy atom. The molecule has 0 unspecified atom stereocenters. The largest absolute Gasteiger partial charge is 0 e. The van der Waals surface area contributed by atoms with Crippen molar-refractivity contribution in [2.75, 3.05) is 0 Å². The summed E-state index contributed by atoms with van der Waals surface area (Å²) >= 11 is 0. The monoisotopic (exact) mass is 366 g/mol. The van der Waals surface area contributed by atoms with Crippen LogP contribution in [-0.2, 0) is 44.8 Å². The predicted molar refractivity (Wildman–Crippen MR) is 11.5 cm³/mol. The fourth-order valence-electron chi connectivity index (χ4n) is 0. The fraction of sp³-hybridized carbons (Fsp3) is 0. The van der Waals surface area contributed by atoms with Gasteiger partial charge in [-0.05, 0) is 0 Å². The molecule has 4 heteroatoms. The number of rotatable bonds is 0. The smallest absolute Gasteiger partial charge is 0 e. The first-order valence-electron chi connectivity index (χ1n) is 0. The van der Waals surface area contributed by atoms with E-state index in [9.17, 15) is 0 Å². The number of hydrogen-bond acceptors (Lipinski definition) is 0. The minimum absolute atomic E-state index is 0. The quantitative estimate of drug-likeness (QED) is 0.495. The third-order valence-corrected chi connectivity index (χ3v) is 0. The second-order valence-electron chi connectivity index (χ2n) is 0. The molecule has 0 aromatic rings. The summed E-state index contributed by atoms with van der Waals surface area (Å²) in [5.74, 6) is 0. The van der Waals surface area contributed by atoms with Crippen molar-refractivity contribution in [3.05, 3.63) is 0 Å². The van der Waals surface area contributed by atoms with Gasteiger partial charge in [0.2, 0.25) is 0 Å². The second kappa shape index (κ2) is 15.8. The summed E-state index contributed by atoms with van der Waals surface area (Å²) in [5.41, 5.74) is 0. The van der Waals surface area contributed by atoms with Gasteiger partial charge in [0.25, 0.3) is 0 Å². The molecule has 0 N–H and O–H groups in total. The maximum atomic E-state index is 0. The molecule has 0 bridgehead atoms. The Morgan fingerprint density at radius 3 is 1.00 bits per heavy atom. The van der Waals surface area contributed by atoms with Crippen molar-refractivity contribution < 1.29 is 44.8 Å². The Hall–Kier alpha value is 3.88. The van der Waals surface area contributed by atoms with Gasteiger partial charge in [0, 0.05) is 122 Å². The van der Waals surface area contributed by atoms with Gasteiger partial charge in [-0.1, -0.05) is 0 Å². The molecule has 0 aliphatic carbocycles. The summed E-state index contributed by atoms with van der Waals surface area (Å²) in [5, 5.41) is 0. The zero-order chi connectivity index (χ0) is 0. The van der Waals surface area contributed by atoms with Crippen molar-refractivity contribution in [3.63, 3.8) is 0 Å². The first kappa shape index (κ1) is 24.8. The molecule has 0 nitrogen and oxygen atoms in total. The Morgan fingerprint density at radius 1 is 1.00 bits per heavy atom. The summed E-state index contributed by atoms with van der Waals surface area (Å²) in [4.78, 5) is 0. The molecule has 0 aromatic carbocycles. The molecule has 0 saturated carbocycles. The van der Waals surface area contributed by atoms with E-state index in [4.69, 9.17) is 0 Å². The van der Waals surface area contributed by atoms with Crippen LogP contribution in [0.15, 0.2) is 0 Å². The molecule has 0 aliphatic rings. The molecule has 0 aliphatic heterocycles. The van der Waals surface area contributed by atoms with E-state index in [1.54, 1.807) is 0 Å². The summed E-state index contributed by atoms with van der Waals surface area (Å²) < 4.78 is 0. The molecule has 0 aromatic heterocycles. The van der Waals surface area contributed by atoms with Crippen LogP contribution >= 0.6 is 0 Å². The van der Waals surface area contributed by atoms with Crippen LogP contribution in [0.3, 0.4) is 0 Å². The van der Waals surface area contributed by atoms with E-state index < -0.39 is 0 Å². The van der Waals surface area contributed by atoms with Crippen LogP contribution in [0.4, 0.5) is 0 Å². The van der Waals surface area contributed by atoms with E-state index in [-0.39, 0.29) is 122 Å². The molecule has 4 radical (unpaired) electrons. The molecule has 0 heterocycles. The van der Waals surface area contributed by atoms with Crippen molar-refractivity contribution in [2.45, 2.75) is 0 Å². The van der Waals surface area contributed by atoms with Gasteiger partial charge in [-0.15, -0.1) is 0 Å². The van der Waals surface area contributed by atoms with Crippen molar-refractivity contribution >= 4 is 77.0 Å². The molecule has 0 fully saturated rings. The molecule has 0 amide bonds. The Bertz CT molecular complexity index is 8.00. The molecule has 0 atom stereocenters. The van der Waals surface area contributed by atoms with E-state index in [2.05, 4.69) is 0 Å². The summed E-state index contributed by atoms with van der Waals surface area (Å²) in [6, 6.07) is 0. The van der Waals surface area contributed by atoms with Crippen LogP contribution in [0.1, 0.15) is 0 Å². The summed E-state index contributed by atoms with van der Waals surface area (Å²) in [7, 11) is 0. The van der Waals surface area contributed by atoms with Gasteiger partial charge >= 0.3 is 0 Å². The standard InChI is InChI=1S/Li.Nb.Rb.Ta. The van der Waals surface area contributed by atoms with Crippen molar-refractivity contribution in [1.82, 2.24) is 0 Å². The van der Waals surface area contributed by atoms with E-state index in [1.165, 1.54) is 0 Å². The first-order valence-corrected chi connectivity index (χ1v) is 0. The minimum atomic E-state index is 0. The molecular weight excluding hydrogens is 366 g/mol. The second-order valence-corrected chi connectivity index (χ2v) is 0. The molecule has 0 rings (SSSR count). The summed E-state index contributed by atoms with van der Waals surface area (Å²) in [6.07, 6.45) is 0. The van der Waals surface area contributed by atoms with Crippen LogP contribution in [0.5, 0.6) is 0 Å². The van der Waals surface area contributed by atoms with Crippen LogP contribution in [0.25, 0.3) is 0 Å². The van der Waals surface area contributed by atoms with Crippen molar-refractivity contribution in [3.8, 4) is 0 Å². The predicted octanol–water partition coefficient (Wildman–Crippen LogP) is -0.767. The van der Waals surface area contributed by atoms with Crippen LogP contribution in [0.2, 0.25) is 0 Å². The van der Waals surface area contributed by atoms with Crippen molar-refractivity contribution in [2.24, 2.45) is 0 Å². The van der Waals surface area contributed by atoms with E-state index >= 15 is 0 Å². The minimum Gasteiger partial charge on any atom is 0 e. The van der Waals surface area contributed by atoms with E-state index in [0.29, 0.717) is 0 Å². The van der Waals surface area contributed by atoms with Crippen LogP contribution in [0, 0.1) is 0 Å². The van der Waals surface area contributed by atoms with Crippen molar-refractivity contribution in [1.29, 1.82) is 0 Å². The molecule has 4 heavy (non-hydrogen) atoms. The number of hydrogen-bond donors (Lipinski definition) is 0. The van der Waals surface area contributed by atoms with Gasteiger partial charge in [-0.25, -0.2) is 0 Å². The molecule has 0 saturated heterocycles. The zero-order valence-corrected chi connectivity index (χ0v) is 13.2. The summed E-state index contributed by atoms with van der Waals surface area (Å²) in [6.45, 7) is 0. The Kier molecular flexibility index (Phi) is 97.8. The van der Waals surface area contributed by atoms with E-state index in [0.717, 1.165) is 0 Å². The maximum Gasteiger partial charge on any atom is 0 e. The van der Waals surface area contributed by atoms with Gasteiger partial charge in [-0.2, -0.15) is 0 Å². The van der Waals surface area contributed by atoms with Gasteiger partial charge < -0.3 is 0 Å². The Balaban J connectivity index is 0. The molecular formula is LiNbRbTa. The molecule has 0 spiro atoms. The third kappa shape index (κ3) is 9.30. The van der Waals surface area contributed by atoms with Crippen LogP contribution in [-0.4, -0.2) is 77.0 Å². The van der Waals surface area contributed by atoms with E-state index in [1.807, 2.05) is 0 Å². The fourth-order valence-corrected chi connectivity index (χ4v) is 0. The first-order chi connectivity index (χ1) is 0. The van der Waals surface area contributed by atoms with Gasteiger partial charge in [0.1, 0.15) is 0 Å². The normalized spacial score (nSPS) is 0.